The third-order valence-electron chi connectivity index (χ3n) is 3.73. The lowest BCUT2D eigenvalue weighted by Crippen LogP contribution is -2.30. The van der Waals surface area contributed by atoms with Crippen LogP contribution < -0.4 is 14.8 Å². The normalized spacial score (nSPS) is 15.6. The number of piperidine rings is 1. The van der Waals surface area contributed by atoms with Gasteiger partial charge in [-0.3, -0.25) is 0 Å². The molecule has 3 nitrogen and oxygen atoms in total. The van der Waals surface area contributed by atoms with Gasteiger partial charge in [-0.1, -0.05) is 24.3 Å². The number of nitrogens with one attached hydrogen (secondary N) is 1. The summed E-state index contributed by atoms with van der Waals surface area (Å²) in [5.41, 5.74) is 0. The minimum absolute atomic E-state index is 0.657. The molecule has 1 N–H and O–H groups in total. The van der Waals surface area contributed by atoms with Crippen molar-refractivity contribution in [2.45, 2.75) is 12.8 Å². The second-order valence-corrected chi connectivity index (χ2v) is 5.39. The van der Waals surface area contributed by atoms with Crippen molar-refractivity contribution < 1.29 is 9.47 Å². The first-order valence-electron chi connectivity index (χ1n) is 7.56. The van der Waals surface area contributed by atoms with Crippen molar-refractivity contribution >= 4 is 0 Å². The molecule has 3 heteroatoms. The highest BCUT2D eigenvalue weighted by atomic mass is 16.5. The quantitative estimate of drug-likeness (QED) is 0.904. The van der Waals surface area contributed by atoms with E-state index in [1.807, 2.05) is 54.6 Å². The lowest BCUT2D eigenvalue weighted by molar-refractivity contribution is 0.215. The summed E-state index contributed by atoms with van der Waals surface area (Å²) >= 11 is 0. The molecule has 0 saturated carbocycles. The highest BCUT2D eigenvalue weighted by molar-refractivity contribution is 5.36. The summed E-state index contributed by atoms with van der Waals surface area (Å²) in [6.45, 7) is 2.99. The smallest absolute Gasteiger partial charge is 0.131 e. The molecule has 0 unspecified atom stereocenters. The van der Waals surface area contributed by atoms with E-state index in [2.05, 4.69) is 5.32 Å². The van der Waals surface area contributed by atoms with E-state index < -0.39 is 0 Å². The Labute approximate surface area is 125 Å². The zero-order chi connectivity index (χ0) is 14.3. The molecular weight excluding hydrogens is 262 g/mol. The summed E-state index contributed by atoms with van der Waals surface area (Å²) in [5.74, 6) is 3.18. The van der Waals surface area contributed by atoms with Crippen LogP contribution in [0.1, 0.15) is 12.8 Å². The Bertz CT molecular complexity index is 550. The highest BCUT2D eigenvalue weighted by Crippen LogP contribution is 2.25. The number of hydrogen-bond donors (Lipinski definition) is 1. The lowest BCUT2D eigenvalue weighted by atomic mass is 9.99. The molecule has 0 bridgehead atoms. The molecule has 21 heavy (non-hydrogen) atoms. The van der Waals surface area contributed by atoms with Gasteiger partial charge in [0.05, 0.1) is 6.61 Å². The van der Waals surface area contributed by atoms with Gasteiger partial charge in [-0.25, -0.2) is 0 Å². The molecule has 1 heterocycles. The van der Waals surface area contributed by atoms with Gasteiger partial charge in [-0.2, -0.15) is 0 Å². The van der Waals surface area contributed by atoms with Crippen LogP contribution in [0.4, 0.5) is 0 Å². The molecule has 0 aliphatic carbocycles. The number of hydrogen-bond acceptors (Lipinski definition) is 3. The Hall–Kier alpha value is -2.00. The fraction of sp³-hybridized carbons (Fsp3) is 0.333. The second-order valence-electron chi connectivity index (χ2n) is 5.39. The third-order valence-corrected chi connectivity index (χ3v) is 3.73. The fourth-order valence-corrected chi connectivity index (χ4v) is 2.51. The molecule has 3 rings (SSSR count). The molecule has 2 aromatic carbocycles. The highest BCUT2D eigenvalue weighted by Gasteiger charge is 2.13. The standard InChI is InChI=1S/C18H21NO2/c1-2-5-16(6-3-1)21-18-8-4-7-17(13-18)20-14-15-9-11-19-12-10-15/h1-8,13,15,19H,9-12,14H2. The molecule has 0 spiro atoms. The van der Waals surface area contributed by atoms with E-state index in [1.165, 1.54) is 12.8 Å². The molecule has 0 aromatic heterocycles. The monoisotopic (exact) mass is 283 g/mol. The average Bonchev–Trinajstić information content (AvgIpc) is 2.55. The van der Waals surface area contributed by atoms with E-state index >= 15 is 0 Å². The number of benzene rings is 2. The molecule has 1 aliphatic heterocycles. The van der Waals surface area contributed by atoms with Crippen LogP contribution in [0.25, 0.3) is 0 Å². The molecule has 0 atom stereocenters. The first kappa shape index (κ1) is 14.0. The van der Waals surface area contributed by atoms with Crippen molar-refractivity contribution in [3.8, 4) is 17.2 Å². The molecule has 1 saturated heterocycles. The van der Waals surface area contributed by atoms with Crippen molar-refractivity contribution in [2.75, 3.05) is 19.7 Å². The minimum atomic E-state index is 0.657. The van der Waals surface area contributed by atoms with Gasteiger partial charge in [0.15, 0.2) is 0 Å². The summed E-state index contributed by atoms with van der Waals surface area (Å²) in [4.78, 5) is 0. The van der Waals surface area contributed by atoms with E-state index in [1.54, 1.807) is 0 Å². The van der Waals surface area contributed by atoms with Crippen LogP contribution in [0.2, 0.25) is 0 Å². The van der Waals surface area contributed by atoms with Crippen LogP contribution >= 0.6 is 0 Å². The van der Waals surface area contributed by atoms with Crippen molar-refractivity contribution in [1.29, 1.82) is 0 Å². The zero-order valence-corrected chi connectivity index (χ0v) is 12.1. The predicted octanol–water partition coefficient (Wildman–Crippen LogP) is 3.86. The van der Waals surface area contributed by atoms with Gasteiger partial charge in [0.2, 0.25) is 0 Å². The van der Waals surface area contributed by atoms with Gasteiger partial charge < -0.3 is 14.8 Å². The molecule has 2 aromatic rings. The Morgan fingerprint density at radius 2 is 1.57 bits per heavy atom. The first-order valence-corrected chi connectivity index (χ1v) is 7.56. The largest absolute Gasteiger partial charge is 0.493 e. The van der Waals surface area contributed by atoms with Gasteiger partial charge in [0, 0.05) is 6.07 Å². The van der Waals surface area contributed by atoms with E-state index in [0.29, 0.717) is 5.92 Å². The van der Waals surface area contributed by atoms with Crippen LogP contribution in [0, 0.1) is 5.92 Å². The second kappa shape index (κ2) is 7.14. The Balaban J connectivity index is 1.57. The molecule has 1 aliphatic rings. The minimum Gasteiger partial charge on any atom is -0.493 e. The topological polar surface area (TPSA) is 30.5 Å². The number of para-hydroxylation sites is 1. The van der Waals surface area contributed by atoms with Gasteiger partial charge in [-0.15, -0.1) is 0 Å². The molecule has 110 valence electrons. The van der Waals surface area contributed by atoms with Crippen molar-refractivity contribution in [3.05, 3.63) is 54.6 Å². The van der Waals surface area contributed by atoms with E-state index in [0.717, 1.165) is 36.9 Å². The summed E-state index contributed by atoms with van der Waals surface area (Å²) in [6.07, 6.45) is 2.39. The molecule has 0 radical (unpaired) electrons. The predicted molar refractivity (Wildman–Crippen MR) is 84.0 cm³/mol. The van der Waals surface area contributed by atoms with Gasteiger partial charge >= 0.3 is 0 Å². The van der Waals surface area contributed by atoms with Gasteiger partial charge in [0.25, 0.3) is 0 Å². The van der Waals surface area contributed by atoms with E-state index in [9.17, 15) is 0 Å². The molecular formula is C18H21NO2. The maximum atomic E-state index is 5.92. The van der Waals surface area contributed by atoms with Crippen molar-refractivity contribution in [1.82, 2.24) is 5.32 Å². The van der Waals surface area contributed by atoms with E-state index in [4.69, 9.17) is 9.47 Å². The fourth-order valence-electron chi connectivity index (χ4n) is 2.51. The Morgan fingerprint density at radius 3 is 2.38 bits per heavy atom. The van der Waals surface area contributed by atoms with Crippen LogP contribution in [-0.4, -0.2) is 19.7 Å². The third kappa shape index (κ3) is 4.23. The van der Waals surface area contributed by atoms with Gasteiger partial charge in [-0.05, 0) is 56.1 Å². The van der Waals surface area contributed by atoms with Crippen LogP contribution in [0.15, 0.2) is 54.6 Å². The summed E-state index contributed by atoms with van der Waals surface area (Å²) in [7, 11) is 0. The first-order chi connectivity index (χ1) is 10.4. The van der Waals surface area contributed by atoms with E-state index in [-0.39, 0.29) is 0 Å². The summed E-state index contributed by atoms with van der Waals surface area (Å²) in [6, 6.07) is 17.7. The maximum Gasteiger partial charge on any atom is 0.131 e. The Morgan fingerprint density at radius 1 is 0.857 bits per heavy atom. The van der Waals surface area contributed by atoms with Crippen molar-refractivity contribution in [2.24, 2.45) is 5.92 Å². The summed E-state index contributed by atoms with van der Waals surface area (Å²) < 4.78 is 11.7. The summed E-state index contributed by atoms with van der Waals surface area (Å²) in [5, 5.41) is 3.37. The average molecular weight is 283 g/mol. The molecule has 1 fully saturated rings. The van der Waals surface area contributed by atoms with Crippen LogP contribution in [0.3, 0.4) is 0 Å². The molecule has 0 amide bonds. The number of rotatable bonds is 5. The SMILES string of the molecule is c1ccc(Oc2cccc(OCC3CCNCC3)c2)cc1. The van der Waals surface area contributed by atoms with Crippen molar-refractivity contribution in [3.63, 3.8) is 0 Å². The Kier molecular flexibility index (Phi) is 4.74. The lowest BCUT2D eigenvalue weighted by Gasteiger charge is -2.22. The number of ether oxygens (including phenoxy) is 2. The van der Waals surface area contributed by atoms with Crippen LogP contribution in [-0.2, 0) is 0 Å². The van der Waals surface area contributed by atoms with Gasteiger partial charge in [0.1, 0.15) is 17.2 Å². The maximum absolute atomic E-state index is 5.92. The van der Waals surface area contributed by atoms with Crippen LogP contribution in [0.5, 0.6) is 17.2 Å². The zero-order valence-electron chi connectivity index (χ0n) is 12.1.